The molecule has 1 N–H and O–H groups in total. The number of alkyl halides is 3. The van der Waals surface area contributed by atoms with Crippen LogP contribution in [0.15, 0.2) is 54.6 Å². The number of carbonyl (C=O) groups is 1. The lowest BCUT2D eigenvalue weighted by Gasteiger charge is -2.49. The van der Waals surface area contributed by atoms with Gasteiger partial charge in [0.15, 0.2) is 0 Å². The van der Waals surface area contributed by atoms with Crippen molar-refractivity contribution in [2.75, 3.05) is 13.1 Å². The van der Waals surface area contributed by atoms with Crippen molar-refractivity contribution in [3.8, 4) is 0 Å². The van der Waals surface area contributed by atoms with Crippen LogP contribution in [0.2, 0.25) is 0 Å². The zero-order valence-electron chi connectivity index (χ0n) is 15.2. The van der Waals surface area contributed by atoms with Gasteiger partial charge in [0.2, 0.25) is 5.91 Å². The third kappa shape index (κ3) is 4.50. The maximum atomic E-state index is 12.8. The molecule has 3 rings (SSSR count). The molecular formula is C21H23F3N2O. The van der Waals surface area contributed by atoms with E-state index in [4.69, 9.17) is 0 Å². The number of carbonyl (C=O) groups excluding carboxylic acids is 1. The summed E-state index contributed by atoms with van der Waals surface area (Å²) in [5, 5.41) is 2.80. The molecule has 2 aromatic rings. The number of amides is 1. The largest absolute Gasteiger partial charge is 0.416 e. The Hall–Kier alpha value is -2.34. The van der Waals surface area contributed by atoms with Crippen LogP contribution in [0.3, 0.4) is 0 Å². The molecular weight excluding hydrogens is 353 g/mol. The number of rotatable bonds is 6. The highest BCUT2D eigenvalue weighted by Gasteiger charge is 2.46. The molecule has 1 atom stereocenters. The molecule has 1 aliphatic heterocycles. The summed E-state index contributed by atoms with van der Waals surface area (Å²) in [4.78, 5) is 14.8. The van der Waals surface area contributed by atoms with Crippen LogP contribution in [0.4, 0.5) is 13.2 Å². The highest BCUT2D eigenvalue weighted by atomic mass is 19.4. The van der Waals surface area contributed by atoms with E-state index in [-0.39, 0.29) is 12.5 Å². The van der Waals surface area contributed by atoms with E-state index in [1.807, 2.05) is 25.1 Å². The van der Waals surface area contributed by atoms with Gasteiger partial charge in [-0.15, -0.1) is 0 Å². The highest BCUT2D eigenvalue weighted by Crippen LogP contribution is 2.31. The van der Waals surface area contributed by atoms with E-state index in [0.717, 1.165) is 38.1 Å². The standard InChI is InChI=1S/C21H23F3N2O/c1-20(11-13-26(20)12-10-16-6-3-2-4-7-16)19(27)25-15-17-8-5-9-18(14-17)21(22,23)24/h2-9,14H,10-13,15H2,1H3,(H,25,27). The predicted molar refractivity (Wildman–Crippen MR) is 98.0 cm³/mol. The molecule has 1 unspecified atom stereocenters. The molecule has 0 aliphatic carbocycles. The van der Waals surface area contributed by atoms with Gasteiger partial charge in [0, 0.05) is 19.6 Å². The van der Waals surface area contributed by atoms with Crippen LogP contribution in [0.25, 0.3) is 0 Å². The number of benzene rings is 2. The summed E-state index contributed by atoms with van der Waals surface area (Å²) in [5.41, 5.74) is 0.359. The van der Waals surface area contributed by atoms with Crippen molar-refractivity contribution in [1.29, 1.82) is 0 Å². The Labute approximate surface area is 157 Å². The van der Waals surface area contributed by atoms with E-state index in [1.165, 1.54) is 11.6 Å². The first-order valence-electron chi connectivity index (χ1n) is 9.02. The lowest BCUT2D eigenvalue weighted by atomic mass is 9.85. The quantitative estimate of drug-likeness (QED) is 0.826. The zero-order chi connectivity index (χ0) is 19.5. The van der Waals surface area contributed by atoms with Crippen molar-refractivity contribution in [3.05, 3.63) is 71.3 Å². The average Bonchev–Trinajstić information content (AvgIpc) is 2.65. The van der Waals surface area contributed by atoms with E-state index < -0.39 is 17.3 Å². The Bertz CT molecular complexity index is 792. The van der Waals surface area contributed by atoms with Crippen molar-refractivity contribution in [2.24, 2.45) is 0 Å². The third-order valence-electron chi connectivity index (χ3n) is 5.28. The lowest BCUT2D eigenvalue weighted by molar-refractivity contribution is -0.141. The average molecular weight is 376 g/mol. The normalized spacial score (nSPS) is 20.1. The van der Waals surface area contributed by atoms with E-state index in [9.17, 15) is 18.0 Å². The maximum Gasteiger partial charge on any atom is 0.416 e. The predicted octanol–water partition coefficient (Wildman–Crippen LogP) is 4.03. The Morgan fingerprint density at radius 1 is 1.11 bits per heavy atom. The molecule has 0 radical (unpaired) electrons. The van der Waals surface area contributed by atoms with Crippen molar-refractivity contribution in [2.45, 2.75) is 38.0 Å². The van der Waals surface area contributed by atoms with E-state index in [1.54, 1.807) is 6.07 Å². The first-order valence-corrected chi connectivity index (χ1v) is 9.02. The number of hydrogen-bond acceptors (Lipinski definition) is 2. The Balaban J connectivity index is 1.56. The fourth-order valence-corrected chi connectivity index (χ4v) is 3.36. The molecule has 3 nitrogen and oxygen atoms in total. The van der Waals surface area contributed by atoms with Crippen LogP contribution in [0.1, 0.15) is 30.0 Å². The van der Waals surface area contributed by atoms with Gasteiger partial charge < -0.3 is 5.32 Å². The fraction of sp³-hybridized carbons (Fsp3) is 0.381. The second-order valence-corrected chi connectivity index (χ2v) is 7.13. The van der Waals surface area contributed by atoms with Crippen molar-refractivity contribution < 1.29 is 18.0 Å². The Kier molecular flexibility index (Phi) is 5.56. The Morgan fingerprint density at radius 2 is 1.81 bits per heavy atom. The number of nitrogens with zero attached hydrogens (tertiary/aromatic N) is 1. The van der Waals surface area contributed by atoms with Gasteiger partial charge in [-0.2, -0.15) is 13.2 Å². The zero-order valence-corrected chi connectivity index (χ0v) is 15.2. The summed E-state index contributed by atoms with van der Waals surface area (Å²) in [6, 6.07) is 15.1. The summed E-state index contributed by atoms with van der Waals surface area (Å²) >= 11 is 0. The van der Waals surface area contributed by atoms with Gasteiger partial charge in [-0.3, -0.25) is 9.69 Å². The van der Waals surface area contributed by atoms with Crippen LogP contribution in [0, 0.1) is 0 Å². The minimum Gasteiger partial charge on any atom is -0.350 e. The fourth-order valence-electron chi connectivity index (χ4n) is 3.36. The van der Waals surface area contributed by atoms with Gasteiger partial charge in [0.1, 0.15) is 0 Å². The minimum atomic E-state index is -4.38. The van der Waals surface area contributed by atoms with E-state index in [2.05, 4.69) is 22.3 Å². The molecule has 144 valence electrons. The molecule has 1 saturated heterocycles. The molecule has 0 aromatic heterocycles. The van der Waals surface area contributed by atoms with Gasteiger partial charge in [0.25, 0.3) is 0 Å². The molecule has 6 heteroatoms. The van der Waals surface area contributed by atoms with Crippen LogP contribution >= 0.6 is 0 Å². The summed E-state index contributed by atoms with van der Waals surface area (Å²) in [6.07, 6.45) is -2.78. The highest BCUT2D eigenvalue weighted by molar-refractivity contribution is 5.86. The minimum absolute atomic E-state index is 0.0882. The first-order chi connectivity index (χ1) is 12.8. The first kappa shape index (κ1) is 19.4. The van der Waals surface area contributed by atoms with E-state index in [0.29, 0.717) is 5.56 Å². The summed E-state index contributed by atoms with van der Waals surface area (Å²) in [5.74, 6) is -0.140. The summed E-state index contributed by atoms with van der Waals surface area (Å²) < 4.78 is 38.4. The third-order valence-corrected chi connectivity index (χ3v) is 5.28. The number of halogens is 3. The molecule has 0 spiro atoms. The molecule has 0 bridgehead atoms. The SMILES string of the molecule is CC1(C(=O)NCc2cccc(C(F)(F)F)c2)CCN1CCc1ccccc1. The van der Waals surface area contributed by atoms with Crippen molar-refractivity contribution in [3.63, 3.8) is 0 Å². The second-order valence-electron chi connectivity index (χ2n) is 7.13. The molecule has 1 fully saturated rings. The summed E-state index contributed by atoms with van der Waals surface area (Å²) in [7, 11) is 0. The van der Waals surface area contributed by atoms with Gasteiger partial charge in [-0.05, 0) is 43.0 Å². The monoisotopic (exact) mass is 376 g/mol. The van der Waals surface area contributed by atoms with Gasteiger partial charge in [-0.25, -0.2) is 0 Å². The van der Waals surface area contributed by atoms with Crippen LogP contribution in [0.5, 0.6) is 0 Å². The summed E-state index contributed by atoms with van der Waals surface area (Å²) in [6.45, 7) is 3.60. The topological polar surface area (TPSA) is 32.3 Å². The molecule has 0 saturated carbocycles. The molecule has 27 heavy (non-hydrogen) atoms. The molecule has 1 amide bonds. The van der Waals surface area contributed by atoms with Crippen LogP contribution in [-0.2, 0) is 23.9 Å². The second kappa shape index (κ2) is 7.72. The number of nitrogens with one attached hydrogen (secondary N) is 1. The van der Waals surface area contributed by atoms with E-state index >= 15 is 0 Å². The maximum absolute atomic E-state index is 12.8. The number of hydrogen-bond donors (Lipinski definition) is 1. The molecule has 1 heterocycles. The molecule has 2 aromatic carbocycles. The number of likely N-dealkylation sites (tertiary alicyclic amines) is 1. The van der Waals surface area contributed by atoms with Gasteiger partial charge >= 0.3 is 6.18 Å². The van der Waals surface area contributed by atoms with Crippen molar-refractivity contribution >= 4 is 5.91 Å². The van der Waals surface area contributed by atoms with Gasteiger partial charge in [0.05, 0.1) is 11.1 Å². The molecule has 1 aliphatic rings. The van der Waals surface area contributed by atoms with Gasteiger partial charge in [-0.1, -0.05) is 42.5 Å². The van der Waals surface area contributed by atoms with Crippen molar-refractivity contribution in [1.82, 2.24) is 10.2 Å². The van der Waals surface area contributed by atoms with Crippen LogP contribution in [-0.4, -0.2) is 29.4 Å². The Morgan fingerprint density at radius 3 is 2.44 bits per heavy atom. The smallest absolute Gasteiger partial charge is 0.350 e. The van der Waals surface area contributed by atoms with Crippen LogP contribution < -0.4 is 5.32 Å². The lowest BCUT2D eigenvalue weighted by Crippen LogP contribution is -2.65.